The molecule has 1 aliphatic heterocycles. The minimum absolute atomic E-state index is 0.112. The molecule has 36 heavy (non-hydrogen) atoms. The number of nitrogens with one attached hydrogen (secondary N) is 1. The maximum absolute atomic E-state index is 13.3. The minimum atomic E-state index is -5.99. The molecule has 0 bridgehead atoms. The summed E-state index contributed by atoms with van der Waals surface area (Å²) in [5.41, 5.74) is -6.12. The normalized spacial score (nSPS) is 16.3. The first-order chi connectivity index (χ1) is 16.4. The smallest absolute Gasteiger partial charge is 0.420 e. The maximum atomic E-state index is 13.3. The third-order valence-corrected chi connectivity index (χ3v) is 6.70. The Bertz CT molecular complexity index is 1350. The first kappa shape index (κ1) is 26.8. The van der Waals surface area contributed by atoms with Crippen LogP contribution in [-0.2, 0) is 26.6 Å². The number of hydrogen-bond donors (Lipinski definition) is 2. The van der Waals surface area contributed by atoms with Gasteiger partial charge in [-0.15, -0.1) is 0 Å². The molecule has 3 rings (SSSR count). The summed E-state index contributed by atoms with van der Waals surface area (Å²) in [5, 5.41) is 20.6. The van der Waals surface area contributed by atoms with Crippen LogP contribution in [0.1, 0.15) is 22.7 Å². The number of fused-ring (bicyclic) bond motifs is 1. The fourth-order valence-corrected chi connectivity index (χ4v) is 4.49. The van der Waals surface area contributed by atoms with E-state index < -0.39 is 51.2 Å². The highest BCUT2D eigenvalue weighted by Gasteiger charge is 2.72. The van der Waals surface area contributed by atoms with Crippen molar-refractivity contribution in [2.75, 3.05) is 11.6 Å². The molecule has 0 spiro atoms. The van der Waals surface area contributed by atoms with Crippen LogP contribution < -0.4 is 5.32 Å². The van der Waals surface area contributed by atoms with Gasteiger partial charge in [0.1, 0.15) is 6.04 Å². The number of carbonyl (C=O) groups is 2. The molecule has 1 aliphatic rings. The average Bonchev–Trinajstić information content (AvgIpc) is 3.12. The van der Waals surface area contributed by atoms with E-state index in [0.717, 1.165) is 6.26 Å². The van der Waals surface area contributed by atoms with Crippen molar-refractivity contribution in [1.29, 1.82) is 5.26 Å². The zero-order valence-electron chi connectivity index (χ0n) is 18.0. The van der Waals surface area contributed by atoms with E-state index in [-0.39, 0.29) is 28.3 Å². The number of anilines is 1. The van der Waals surface area contributed by atoms with Gasteiger partial charge in [0.15, 0.2) is 9.84 Å². The van der Waals surface area contributed by atoms with Gasteiger partial charge in [-0.2, -0.15) is 31.6 Å². The Morgan fingerprint density at radius 3 is 2.06 bits per heavy atom. The third-order valence-electron chi connectivity index (χ3n) is 5.59. The van der Waals surface area contributed by atoms with Gasteiger partial charge in [0, 0.05) is 11.9 Å². The quantitative estimate of drug-likeness (QED) is 0.567. The van der Waals surface area contributed by atoms with Gasteiger partial charge in [0.25, 0.3) is 11.3 Å². The van der Waals surface area contributed by atoms with Crippen LogP contribution in [-0.4, -0.2) is 49.0 Å². The Balaban J connectivity index is 1.95. The lowest BCUT2D eigenvalue weighted by Gasteiger charge is -2.31. The summed E-state index contributed by atoms with van der Waals surface area (Å²) in [5.74, 6) is -0.991. The fraction of sp³-hybridized carbons (Fsp3) is 0.286. The van der Waals surface area contributed by atoms with Crippen LogP contribution in [0.15, 0.2) is 47.4 Å². The van der Waals surface area contributed by atoms with Crippen molar-refractivity contribution in [3.63, 3.8) is 0 Å². The van der Waals surface area contributed by atoms with E-state index in [9.17, 15) is 49.5 Å². The molecule has 1 heterocycles. The van der Waals surface area contributed by atoms with Crippen molar-refractivity contribution in [2.45, 2.75) is 35.2 Å². The van der Waals surface area contributed by atoms with Gasteiger partial charge in [-0.05, 0) is 41.0 Å². The van der Waals surface area contributed by atoms with E-state index in [1.165, 1.54) is 18.2 Å². The second kappa shape index (κ2) is 8.70. The number of amides is 2. The molecule has 15 heteroatoms. The zero-order chi connectivity index (χ0) is 27.3. The summed E-state index contributed by atoms with van der Waals surface area (Å²) in [6, 6.07) is 4.65. The summed E-state index contributed by atoms with van der Waals surface area (Å²) in [4.78, 5) is 25.1. The molecule has 0 radical (unpaired) electrons. The molecule has 2 aromatic rings. The number of benzene rings is 2. The summed E-state index contributed by atoms with van der Waals surface area (Å²) in [6.45, 7) is -0.340. The van der Waals surface area contributed by atoms with Gasteiger partial charge in [-0.1, -0.05) is 18.2 Å². The summed E-state index contributed by atoms with van der Waals surface area (Å²) in [7, 11) is -3.64. The Labute approximate surface area is 199 Å². The van der Waals surface area contributed by atoms with Gasteiger partial charge in [0.2, 0.25) is 0 Å². The van der Waals surface area contributed by atoms with Crippen LogP contribution in [0.5, 0.6) is 0 Å². The highest BCUT2D eigenvalue weighted by molar-refractivity contribution is 7.90. The lowest BCUT2D eigenvalue weighted by molar-refractivity contribution is -0.283. The van der Waals surface area contributed by atoms with Crippen molar-refractivity contribution in [2.24, 2.45) is 0 Å². The van der Waals surface area contributed by atoms with Crippen molar-refractivity contribution in [3.05, 3.63) is 59.2 Å². The van der Waals surface area contributed by atoms with E-state index in [0.29, 0.717) is 35.2 Å². The van der Waals surface area contributed by atoms with E-state index in [2.05, 4.69) is 5.32 Å². The second-order valence-corrected chi connectivity index (χ2v) is 9.89. The topological polar surface area (TPSA) is 128 Å². The van der Waals surface area contributed by atoms with Gasteiger partial charge in [0.05, 0.1) is 17.5 Å². The fourth-order valence-electron chi connectivity index (χ4n) is 3.81. The minimum Gasteiger partial charge on any atom is -0.465 e. The van der Waals surface area contributed by atoms with Crippen molar-refractivity contribution in [1.82, 2.24) is 4.90 Å². The number of nitriles is 1. The van der Waals surface area contributed by atoms with Crippen LogP contribution in [0.25, 0.3) is 0 Å². The lowest BCUT2D eigenvalue weighted by atomic mass is 9.80. The molecule has 0 aliphatic carbocycles. The van der Waals surface area contributed by atoms with E-state index in [4.69, 9.17) is 5.26 Å². The number of sulfone groups is 1. The van der Waals surface area contributed by atoms with E-state index >= 15 is 0 Å². The Morgan fingerprint density at radius 2 is 1.61 bits per heavy atom. The molecule has 192 valence electrons. The molecule has 0 saturated heterocycles. The Hall–Kier alpha value is -3.80. The number of carboxylic acid groups (broad SMARTS) is 1. The molecule has 1 atom stereocenters. The zero-order valence-corrected chi connectivity index (χ0v) is 18.8. The van der Waals surface area contributed by atoms with Gasteiger partial charge in [-0.25, -0.2) is 13.2 Å². The van der Waals surface area contributed by atoms with Gasteiger partial charge >= 0.3 is 18.4 Å². The molecule has 8 nitrogen and oxygen atoms in total. The van der Waals surface area contributed by atoms with Crippen molar-refractivity contribution >= 4 is 27.5 Å². The number of rotatable bonds is 4. The number of alkyl halides is 6. The molecule has 2 aromatic carbocycles. The van der Waals surface area contributed by atoms with Crippen molar-refractivity contribution in [3.8, 4) is 6.07 Å². The maximum Gasteiger partial charge on any atom is 0.420 e. The predicted octanol–water partition coefficient (Wildman–Crippen LogP) is 4.15. The van der Waals surface area contributed by atoms with E-state index in [1.807, 2.05) is 0 Å². The number of hydrogen-bond acceptors (Lipinski definition) is 5. The largest absolute Gasteiger partial charge is 0.465 e. The molecule has 0 saturated carbocycles. The molecule has 2 N–H and O–H groups in total. The molecule has 0 aromatic heterocycles. The van der Waals surface area contributed by atoms with Crippen molar-refractivity contribution < 1.29 is 49.5 Å². The lowest BCUT2D eigenvalue weighted by Crippen LogP contribution is -2.52. The Morgan fingerprint density at radius 1 is 1.06 bits per heavy atom. The summed E-state index contributed by atoms with van der Waals surface area (Å²) in [6.07, 6.45) is -12.6. The van der Waals surface area contributed by atoms with Crippen LogP contribution in [0, 0.1) is 11.3 Å². The standard InChI is InChI=1S/C21H15F6N3O5S/c1-36(34,35)14-6-7-15-11(8-14)9-30(18(32)33)16(15)17(31)29-13-4-2-12(3-5-13)19(10-28,20(22,23)24)21(25,26)27/h2-8,16H,9H2,1H3,(H,29,31)(H,32,33). The molecule has 2 amide bonds. The number of carbonyl (C=O) groups excluding carboxylic acids is 1. The average molecular weight is 535 g/mol. The van der Waals surface area contributed by atoms with Crippen LogP contribution >= 0.6 is 0 Å². The molecule has 0 fully saturated rings. The van der Waals surface area contributed by atoms with Gasteiger partial charge in [-0.3, -0.25) is 9.69 Å². The highest BCUT2D eigenvalue weighted by atomic mass is 32.2. The second-order valence-electron chi connectivity index (χ2n) is 7.87. The SMILES string of the molecule is CS(=O)(=O)c1ccc2c(c1)CN(C(=O)O)C2C(=O)Nc1ccc(C(C#N)(C(F)(F)F)C(F)(F)F)cc1. The first-order valence-electron chi connectivity index (χ1n) is 9.72. The molecular weight excluding hydrogens is 520 g/mol. The number of nitrogens with zero attached hydrogens (tertiary/aromatic N) is 2. The summed E-state index contributed by atoms with van der Waals surface area (Å²) < 4.78 is 103. The van der Waals surface area contributed by atoms with Crippen LogP contribution in [0.2, 0.25) is 0 Å². The highest BCUT2D eigenvalue weighted by Crippen LogP contribution is 2.51. The monoisotopic (exact) mass is 535 g/mol. The van der Waals surface area contributed by atoms with Gasteiger partial charge < -0.3 is 10.4 Å². The van der Waals surface area contributed by atoms with Crippen LogP contribution in [0.3, 0.4) is 0 Å². The summed E-state index contributed by atoms with van der Waals surface area (Å²) >= 11 is 0. The first-order valence-corrected chi connectivity index (χ1v) is 11.6. The van der Waals surface area contributed by atoms with E-state index in [1.54, 1.807) is 0 Å². The Kier molecular flexibility index (Phi) is 6.47. The van der Waals surface area contributed by atoms with Crippen LogP contribution in [0.4, 0.5) is 36.8 Å². The predicted molar refractivity (Wildman–Crippen MR) is 110 cm³/mol. The molecular formula is C21H15F6N3O5S. The molecule has 1 unspecified atom stereocenters. The number of halogens is 6. The third kappa shape index (κ3) is 4.43.